The summed E-state index contributed by atoms with van der Waals surface area (Å²) in [6.45, 7) is 8.63. The van der Waals surface area contributed by atoms with E-state index in [0.717, 1.165) is 23.1 Å². The average molecular weight is 724 g/mol. The first-order valence-electron chi connectivity index (χ1n) is 15.2. The Kier molecular flexibility index (Phi) is 10.9. The lowest BCUT2D eigenvalue weighted by atomic mass is 9.92. The second-order valence-electron chi connectivity index (χ2n) is 11.2. The Labute approximate surface area is 285 Å². The van der Waals surface area contributed by atoms with E-state index in [-0.39, 0.29) is 12.2 Å². The van der Waals surface area contributed by atoms with Gasteiger partial charge in [0.1, 0.15) is 6.61 Å². The molecule has 0 bridgehead atoms. The second-order valence-corrected chi connectivity index (χ2v) is 13.5. The van der Waals surface area contributed by atoms with Crippen molar-refractivity contribution in [3.63, 3.8) is 0 Å². The Morgan fingerprint density at radius 3 is 2.46 bits per heavy atom. The molecule has 0 aliphatic carbocycles. The van der Waals surface area contributed by atoms with Crippen molar-refractivity contribution in [3.8, 4) is 11.5 Å². The molecule has 0 spiro atoms. The average Bonchev–Trinajstić information content (AvgIpc) is 3.34. The van der Waals surface area contributed by atoms with E-state index in [1.54, 1.807) is 18.6 Å². The molecule has 0 fully saturated rings. The number of esters is 1. The standard InChI is InChI=1S/C36H36BrClN2O5S/c1-6-8-28-31(35(42)44-7-2)32(25-13-11-24(12-14-25)21(3)4)40-34(41)30(46-36(40)39-28)19-23-17-27(37)33(29(18-23)43-5)45-20-22-9-15-26(38)16-10-22/h9-19,21,32H,6-8,20H2,1-5H3/b30-19-/t32-/m0/s1. The van der Waals surface area contributed by atoms with Crippen LogP contribution in [0.15, 0.2) is 86.2 Å². The molecule has 0 saturated carbocycles. The van der Waals surface area contributed by atoms with Crippen LogP contribution in [-0.2, 0) is 16.1 Å². The lowest BCUT2D eigenvalue weighted by molar-refractivity contribution is -0.139. The summed E-state index contributed by atoms with van der Waals surface area (Å²) in [4.78, 5) is 33.1. The Balaban J connectivity index is 1.60. The molecule has 4 aromatic rings. The van der Waals surface area contributed by atoms with E-state index >= 15 is 0 Å². The predicted octanol–water partition coefficient (Wildman–Crippen LogP) is 7.71. The minimum atomic E-state index is -0.662. The summed E-state index contributed by atoms with van der Waals surface area (Å²) in [5.74, 6) is 0.951. The minimum absolute atomic E-state index is 0.223. The first-order chi connectivity index (χ1) is 22.1. The Bertz CT molecular complexity index is 1950. The molecule has 0 N–H and O–H groups in total. The quantitative estimate of drug-likeness (QED) is 0.148. The summed E-state index contributed by atoms with van der Waals surface area (Å²) in [5, 5.41) is 0.659. The van der Waals surface area contributed by atoms with E-state index in [1.807, 2.05) is 61.5 Å². The Morgan fingerprint density at radius 1 is 1.11 bits per heavy atom. The van der Waals surface area contributed by atoms with Gasteiger partial charge in [-0.1, -0.05) is 86.5 Å². The van der Waals surface area contributed by atoms with Gasteiger partial charge in [-0.25, -0.2) is 9.79 Å². The minimum Gasteiger partial charge on any atom is -0.493 e. The molecule has 0 unspecified atom stereocenters. The van der Waals surface area contributed by atoms with Gasteiger partial charge in [-0.3, -0.25) is 9.36 Å². The number of ether oxygens (including phenoxy) is 3. The highest BCUT2D eigenvalue weighted by Crippen LogP contribution is 2.38. The van der Waals surface area contributed by atoms with Crippen molar-refractivity contribution in [3.05, 3.63) is 123 Å². The normalized spacial score (nSPS) is 14.7. The van der Waals surface area contributed by atoms with Crippen LogP contribution in [0.1, 0.15) is 74.8 Å². The van der Waals surface area contributed by atoms with E-state index in [9.17, 15) is 9.59 Å². The predicted molar refractivity (Wildman–Crippen MR) is 187 cm³/mol. The summed E-state index contributed by atoms with van der Waals surface area (Å²) in [6.07, 6.45) is 3.18. The maximum atomic E-state index is 14.2. The number of methoxy groups -OCH3 is 1. The molecule has 7 nitrogen and oxygen atoms in total. The first kappa shape index (κ1) is 33.7. The van der Waals surface area contributed by atoms with Gasteiger partial charge in [0.05, 0.1) is 40.0 Å². The maximum absolute atomic E-state index is 14.2. The SMILES string of the molecule is CCCC1=C(C(=O)OCC)[C@H](c2ccc(C(C)C)cc2)n2c(s/c(=C\c3cc(Br)c(OCc4ccc(Cl)cc4)c(OC)c3)c2=O)=N1. The third-order valence-corrected chi connectivity index (χ3v) is 9.48. The molecule has 1 aliphatic rings. The van der Waals surface area contributed by atoms with Crippen LogP contribution in [0.2, 0.25) is 5.02 Å². The van der Waals surface area contributed by atoms with Gasteiger partial charge >= 0.3 is 5.97 Å². The van der Waals surface area contributed by atoms with E-state index in [1.165, 1.54) is 16.9 Å². The zero-order chi connectivity index (χ0) is 33.0. The second kappa shape index (κ2) is 14.8. The molecule has 46 heavy (non-hydrogen) atoms. The highest BCUT2D eigenvalue weighted by atomic mass is 79.9. The zero-order valence-corrected chi connectivity index (χ0v) is 29.6. The summed E-state index contributed by atoms with van der Waals surface area (Å²) in [5.41, 5.74) is 4.52. The van der Waals surface area contributed by atoms with Crippen molar-refractivity contribution in [2.24, 2.45) is 4.99 Å². The highest BCUT2D eigenvalue weighted by molar-refractivity contribution is 9.10. The number of hydrogen-bond acceptors (Lipinski definition) is 7. The number of halogens is 2. The third kappa shape index (κ3) is 7.17. The summed E-state index contributed by atoms with van der Waals surface area (Å²) in [6, 6.07) is 18.6. The zero-order valence-electron chi connectivity index (χ0n) is 26.4. The van der Waals surface area contributed by atoms with Gasteiger partial charge in [0.25, 0.3) is 5.56 Å². The fraction of sp³-hybridized carbons (Fsp3) is 0.306. The largest absolute Gasteiger partial charge is 0.493 e. The van der Waals surface area contributed by atoms with Crippen LogP contribution in [0, 0.1) is 0 Å². The van der Waals surface area contributed by atoms with Crippen LogP contribution in [0.5, 0.6) is 11.5 Å². The molecular weight excluding hydrogens is 688 g/mol. The topological polar surface area (TPSA) is 79.1 Å². The number of benzene rings is 3. The lowest BCUT2D eigenvalue weighted by Gasteiger charge is -2.26. The molecular formula is C36H36BrClN2O5S. The Morgan fingerprint density at radius 2 is 1.83 bits per heavy atom. The van der Waals surface area contributed by atoms with E-state index in [4.69, 9.17) is 30.8 Å². The fourth-order valence-corrected chi connectivity index (χ4v) is 7.07. The van der Waals surface area contributed by atoms with Gasteiger partial charge in [0.2, 0.25) is 0 Å². The number of rotatable bonds is 11. The number of hydrogen-bond donors (Lipinski definition) is 0. The third-order valence-electron chi connectivity index (χ3n) is 7.66. The fourth-order valence-electron chi connectivity index (χ4n) is 5.35. The van der Waals surface area contributed by atoms with Gasteiger partial charge in [-0.2, -0.15) is 0 Å². The van der Waals surface area contributed by atoms with Crippen molar-refractivity contribution in [2.45, 2.75) is 59.1 Å². The maximum Gasteiger partial charge on any atom is 0.338 e. The van der Waals surface area contributed by atoms with E-state index in [2.05, 4.69) is 41.9 Å². The van der Waals surface area contributed by atoms with Crippen LogP contribution in [0.4, 0.5) is 0 Å². The molecule has 0 saturated heterocycles. The molecule has 0 radical (unpaired) electrons. The molecule has 1 aromatic heterocycles. The summed E-state index contributed by atoms with van der Waals surface area (Å²) >= 11 is 10.9. The first-order valence-corrected chi connectivity index (χ1v) is 17.2. The molecule has 2 heterocycles. The van der Waals surface area contributed by atoms with Crippen molar-refractivity contribution in [2.75, 3.05) is 13.7 Å². The van der Waals surface area contributed by atoms with E-state index < -0.39 is 12.0 Å². The molecule has 1 aliphatic heterocycles. The van der Waals surface area contributed by atoms with Gasteiger partial charge in [-0.15, -0.1) is 0 Å². The van der Waals surface area contributed by atoms with Crippen molar-refractivity contribution in [1.29, 1.82) is 0 Å². The summed E-state index contributed by atoms with van der Waals surface area (Å²) in [7, 11) is 1.57. The van der Waals surface area contributed by atoms with Gasteiger partial charge < -0.3 is 14.2 Å². The van der Waals surface area contributed by atoms with Crippen LogP contribution >= 0.6 is 38.9 Å². The van der Waals surface area contributed by atoms with Crippen LogP contribution in [0.25, 0.3) is 6.08 Å². The number of carbonyl (C=O) groups excluding carboxylic acids is 1. The molecule has 5 rings (SSSR count). The number of aromatic nitrogens is 1. The number of nitrogens with zero attached hydrogens (tertiary/aromatic N) is 2. The Hall–Kier alpha value is -3.66. The highest BCUT2D eigenvalue weighted by Gasteiger charge is 2.34. The smallest absolute Gasteiger partial charge is 0.338 e. The van der Waals surface area contributed by atoms with Crippen LogP contribution in [-0.4, -0.2) is 24.3 Å². The summed E-state index contributed by atoms with van der Waals surface area (Å²) < 4.78 is 20.1. The number of allylic oxidation sites excluding steroid dienone is 1. The van der Waals surface area contributed by atoms with Crippen molar-refractivity contribution < 1.29 is 19.0 Å². The lowest BCUT2D eigenvalue weighted by Crippen LogP contribution is -2.40. The molecule has 0 amide bonds. The molecule has 10 heteroatoms. The number of thiazole rings is 1. The van der Waals surface area contributed by atoms with Gasteiger partial charge in [-0.05, 0) is 87.8 Å². The van der Waals surface area contributed by atoms with Crippen LogP contribution in [0.3, 0.4) is 0 Å². The number of carbonyl (C=O) groups is 1. The molecule has 3 aromatic carbocycles. The van der Waals surface area contributed by atoms with Gasteiger partial charge in [0.15, 0.2) is 16.3 Å². The van der Waals surface area contributed by atoms with Crippen LogP contribution < -0.4 is 24.4 Å². The van der Waals surface area contributed by atoms with Crippen molar-refractivity contribution in [1.82, 2.24) is 4.57 Å². The van der Waals surface area contributed by atoms with Gasteiger partial charge in [0, 0.05) is 5.02 Å². The molecule has 240 valence electrons. The number of fused-ring (bicyclic) bond motifs is 1. The monoisotopic (exact) mass is 722 g/mol. The van der Waals surface area contributed by atoms with Crippen molar-refractivity contribution >= 4 is 50.9 Å². The van der Waals surface area contributed by atoms with E-state index in [0.29, 0.717) is 60.5 Å². The molecule has 1 atom stereocenters.